The number of benzene rings is 1. The SMILES string of the molecule is CCN(CCCC#N)c1cccc(F)c1. The van der Waals surface area contributed by atoms with Gasteiger partial charge in [-0.05, 0) is 31.5 Å². The Bertz CT molecular complexity index is 344. The molecule has 0 fully saturated rings. The average molecular weight is 206 g/mol. The van der Waals surface area contributed by atoms with Gasteiger partial charge in [0.15, 0.2) is 0 Å². The minimum absolute atomic E-state index is 0.216. The number of unbranched alkanes of at least 4 members (excludes halogenated alkanes) is 1. The van der Waals surface area contributed by atoms with Gasteiger partial charge in [-0.3, -0.25) is 0 Å². The Labute approximate surface area is 89.9 Å². The number of rotatable bonds is 5. The Hall–Kier alpha value is -1.56. The first-order valence-electron chi connectivity index (χ1n) is 5.15. The Morgan fingerprint density at radius 1 is 1.47 bits per heavy atom. The summed E-state index contributed by atoms with van der Waals surface area (Å²) in [6.07, 6.45) is 1.37. The van der Waals surface area contributed by atoms with E-state index >= 15 is 0 Å². The first-order chi connectivity index (χ1) is 7.27. The van der Waals surface area contributed by atoms with E-state index in [0.717, 1.165) is 25.2 Å². The highest BCUT2D eigenvalue weighted by Crippen LogP contribution is 2.15. The molecule has 0 amide bonds. The molecule has 0 aliphatic heterocycles. The second-order valence-electron chi connectivity index (χ2n) is 3.32. The second-order valence-corrected chi connectivity index (χ2v) is 3.32. The van der Waals surface area contributed by atoms with E-state index in [4.69, 9.17) is 5.26 Å². The fraction of sp³-hybridized carbons (Fsp3) is 0.417. The summed E-state index contributed by atoms with van der Waals surface area (Å²) in [7, 11) is 0. The number of halogens is 1. The van der Waals surface area contributed by atoms with Crippen LogP contribution in [0.3, 0.4) is 0 Å². The van der Waals surface area contributed by atoms with Crippen molar-refractivity contribution in [1.29, 1.82) is 5.26 Å². The quantitative estimate of drug-likeness (QED) is 0.692. The fourth-order valence-corrected chi connectivity index (χ4v) is 1.49. The molecular formula is C12H15FN2. The Morgan fingerprint density at radius 3 is 2.87 bits per heavy atom. The molecule has 0 aromatic heterocycles. The Balaban J connectivity index is 2.62. The lowest BCUT2D eigenvalue weighted by Crippen LogP contribution is -2.23. The van der Waals surface area contributed by atoms with E-state index in [1.165, 1.54) is 12.1 Å². The molecule has 0 aliphatic rings. The van der Waals surface area contributed by atoms with E-state index in [-0.39, 0.29) is 5.82 Å². The summed E-state index contributed by atoms with van der Waals surface area (Å²) in [5.74, 6) is -0.216. The van der Waals surface area contributed by atoms with Crippen LogP contribution in [-0.4, -0.2) is 13.1 Å². The third-order valence-electron chi connectivity index (χ3n) is 2.27. The lowest BCUT2D eigenvalue weighted by atomic mass is 10.2. The predicted octanol–water partition coefficient (Wildman–Crippen LogP) is 2.96. The van der Waals surface area contributed by atoms with Gasteiger partial charge in [0.25, 0.3) is 0 Å². The molecule has 1 aromatic carbocycles. The van der Waals surface area contributed by atoms with Crippen LogP contribution in [0.2, 0.25) is 0 Å². The van der Waals surface area contributed by atoms with Crippen molar-refractivity contribution in [2.75, 3.05) is 18.0 Å². The molecule has 80 valence electrons. The third kappa shape index (κ3) is 3.59. The van der Waals surface area contributed by atoms with E-state index in [1.54, 1.807) is 6.07 Å². The van der Waals surface area contributed by atoms with Crippen LogP contribution in [-0.2, 0) is 0 Å². The van der Waals surface area contributed by atoms with Gasteiger partial charge in [-0.25, -0.2) is 4.39 Å². The predicted molar refractivity (Wildman–Crippen MR) is 59.1 cm³/mol. The molecule has 0 spiro atoms. The zero-order valence-electron chi connectivity index (χ0n) is 8.91. The van der Waals surface area contributed by atoms with Crippen LogP contribution in [0.25, 0.3) is 0 Å². The highest BCUT2D eigenvalue weighted by atomic mass is 19.1. The molecule has 0 aliphatic carbocycles. The summed E-state index contributed by atoms with van der Waals surface area (Å²) in [6.45, 7) is 3.65. The molecule has 0 bridgehead atoms. The van der Waals surface area contributed by atoms with E-state index in [1.807, 2.05) is 13.0 Å². The van der Waals surface area contributed by atoms with Gasteiger partial charge < -0.3 is 4.90 Å². The van der Waals surface area contributed by atoms with Crippen LogP contribution < -0.4 is 4.90 Å². The summed E-state index contributed by atoms with van der Waals surface area (Å²) in [5, 5.41) is 8.44. The van der Waals surface area contributed by atoms with E-state index in [2.05, 4.69) is 11.0 Å². The summed E-state index contributed by atoms with van der Waals surface area (Å²) >= 11 is 0. The smallest absolute Gasteiger partial charge is 0.125 e. The Morgan fingerprint density at radius 2 is 2.27 bits per heavy atom. The molecule has 1 rings (SSSR count). The van der Waals surface area contributed by atoms with Crippen LogP contribution in [0.1, 0.15) is 19.8 Å². The van der Waals surface area contributed by atoms with Crippen molar-refractivity contribution in [3.63, 3.8) is 0 Å². The third-order valence-corrected chi connectivity index (χ3v) is 2.27. The Kier molecular flexibility index (Phi) is 4.62. The molecule has 2 nitrogen and oxygen atoms in total. The first-order valence-corrected chi connectivity index (χ1v) is 5.15. The van der Waals surface area contributed by atoms with Crippen molar-refractivity contribution in [1.82, 2.24) is 0 Å². The van der Waals surface area contributed by atoms with Crippen LogP contribution in [0.4, 0.5) is 10.1 Å². The van der Waals surface area contributed by atoms with Crippen molar-refractivity contribution in [3.8, 4) is 6.07 Å². The maximum absolute atomic E-state index is 13.0. The molecule has 0 saturated heterocycles. The molecule has 0 saturated carbocycles. The first kappa shape index (κ1) is 11.5. The maximum Gasteiger partial charge on any atom is 0.125 e. The topological polar surface area (TPSA) is 27.0 Å². The van der Waals surface area contributed by atoms with Crippen molar-refractivity contribution >= 4 is 5.69 Å². The lowest BCUT2D eigenvalue weighted by Gasteiger charge is -2.22. The zero-order valence-corrected chi connectivity index (χ0v) is 8.91. The second kappa shape index (κ2) is 6.02. The van der Waals surface area contributed by atoms with Gasteiger partial charge in [0, 0.05) is 25.2 Å². The van der Waals surface area contributed by atoms with Gasteiger partial charge in [-0.1, -0.05) is 6.07 Å². The van der Waals surface area contributed by atoms with E-state index in [9.17, 15) is 4.39 Å². The summed E-state index contributed by atoms with van der Waals surface area (Å²) in [5.41, 5.74) is 0.885. The largest absolute Gasteiger partial charge is 0.372 e. The summed E-state index contributed by atoms with van der Waals surface area (Å²) in [4.78, 5) is 2.07. The molecule has 0 N–H and O–H groups in total. The summed E-state index contributed by atoms with van der Waals surface area (Å²) < 4.78 is 13.0. The van der Waals surface area contributed by atoms with Gasteiger partial charge in [0.05, 0.1) is 6.07 Å². The van der Waals surface area contributed by atoms with E-state index in [0.29, 0.717) is 6.42 Å². The number of hydrogen-bond acceptors (Lipinski definition) is 2. The van der Waals surface area contributed by atoms with Crippen LogP contribution in [0.15, 0.2) is 24.3 Å². The molecule has 15 heavy (non-hydrogen) atoms. The zero-order chi connectivity index (χ0) is 11.1. The molecule has 3 heteroatoms. The lowest BCUT2D eigenvalue weighted by molar-refractivity contribution is 0.626. The van der Waals surface area contributed by atoms with Crippen LogP contribution in [0.5, 0.6) is 0 Å². The molecule has 0 atom stereocenters. The normalized spacial score (nSPS) is 9.67. The van der Waals surface area contributed by atoms with Gasteiger partial charge in [0.1, 0.15) is 5.82 Å². The number of nitrogens with zero attached hydrogens (tertiary/aromatic N) is 2. The highest BCUT2D eigenvalue weighted by Gasteiger charge is 2.04. The highest BCUT2D eigenvalue weighted by molar-refractivity contribution is 5.46. The molecule has 1 aromatic rings. The molecule has 0 radical (unpaired) electrons. The van der Waals surface area contributed by atoms with Gasteiger partial charge in [-0.2, -0.15) is 5.26 Å². The number of nitriles is 1. The maximum atomic E-state index is 13.0. The van der Waals surface area contributed by atoms with Gasteiger partial charge in [-0.15, -0.1) is 0 Å². The summed E-state index contributed by atoms with van der Waals surface area (Å²) in [6, 6.07) is 8.66. The minimum atomic E-state index is -0.216. The van der Waals surface area contributed by atoms with Crippen LogP contribution in [0, 0.1) is 17.1 Å². The number of hydrogen-bond donors (Lipinski definition) is 0. The van der Waals surface area contributed by atoms with Crippen molar-refractivity contribution in [2.45, 2.75) is 19.8 Å². The van der Waals surface area contributed by atoms with Crippen molar-refractivity contribution in [2.24, 2.45) is 0 Å². The molecule has 0 heterocycles. The standard InChI is InChI=1S/C12H15FN2/c1-2-15(9-4-3-8-14)12-7-5-6-11(13)10-12/h5-7,10H,2-4,9H2,1H3. The average Bonchev–Trinajstić information content (AvgIpc) is 2.24. The van der Waals surface area contributed by atoms with Crippen LogP contribution >= 0.6 is 0 Å². The van der Waals surface area contributed by atoms with E-state index < -0.39 is 0 Å². The van der Waals surface area contributed by atoms with Gasteiger partial charge in [0.2, 0.25) is 0 Å². The monoisotopic (exact) mass is 206 g/mol. The molecule has 0 unspecified atom stereocenters. The van der Waals surface area contributed by atoms with Gasteiger partial charge >= 0.3 is 0 Å². The number of anilines is 1. The van der Waals surface area contributed by atoms with Crippen molar-refractivity contribution in [3.05, 3.63) is 30.1 Å². The molecular weight excluding hydrogens is 191 g/mol. The fourth-order valence-electron chi connectivity index (χ4n) is 1.49. The minimum Gasteiger partial charge on any atom is -0.372 e. The van der Waals surface area contributed by atoms with Crippen molar-refractivity contribution < 1.29 is 4.39 Å².